The summed E-state index contributed by atoms with van der Waals surface area (Å²) in [6.07, 6.45) is -0.269. The van der Waals surface area contributed by atoms with Gasteiger partial charge in [-0.3, -0.25) is 9.69 Å². The van der Waals surface area contributed by atoms with Gasteiger partial charge in [-0.05, 0) is 46.8 Å². The smallest absolute Gasteiger partial charge is 0.410 e. The molecule has 0 aromatic carbocycles. The number of rotatable bonds is 4. The number of ether oxygens (including phenoxy) is 2. The van der Waals surface area contributed by atoms with Crippen LogP contribution >= 0.6 is 0 Å². The highest BCUT2D eigenvalue weighted by molar-refractivity contribution is 5.72. The van der Waals surface area contributed by atoms with E-state index in [4.69, 9.17) is 13.9 Å². The number of furan rings is 1. The predicted octanol–water partition coefficient (Wildman–Crippen LogP) is 4.25. The van der Waals surface area contributed by atoms with Crippen LogP contribution in [-0.4, -0.2) is 36.2 Å². The van der Waals surface area contributed by atoms with Crippen molar-refractivity contribution in [2.75, 3.05) is 13.7 Å². The quantitative estimate of drug-likeness (QED) is 0.591. The van der Waals surface area contributed by atoms with E-state index in [1.54, 1.807) is 4.90 Å². The molecule has 1 aliphatic heterocycles. The van der Waals surface area contributed by atoms with E-state index in [2.05, 4.69) is 6.58 Å². The third kappa shape index (κ3) is 4.48. The Morgan fingerprint density at radius 3 is 2.46 bits per heavy atom. The van der Waals surface area contributed by atoms with Crippen LogP contribution in [0.15, 0.2) is 28.7 Å². The maximum atomic E-state index is 12.5. The van der Waals surface area contributed by atoms with Crippen LogP contribution in [0.4, 0.5) is 4.79 Å². The largest absolute Gasteiger partial charge is 0.464 e. The van der Waals surface area contributed by atoms with Gasteiger partial charge >= 0.3 is 12.1 Å². The molecular formula is C20H29NO5. The minimum Gasteiger partial charge on any atom is -0.464 e. The summed E-state index contributed by atoms with van der Waals surface area (Å²) in [4.78, 5) is 26.5. The zero-order valence-corrected chi connectivity index (χ0v) is 16.5. The molecule has 0 bridgehead atoms. The van der Waals surface area contributed by atoms with Gasteiger partial charge in [0.15, 0.2) is 0 Å². The van der Waals surface area contributed by atoms with Gasteiger partial charge in [0.2, 0.25) is 0 Å². The van der Waals surface area contributed by atoms with Crippen molar-refractivity contribution < 1.29 is 23.5 Å². The zero-order chi connectivity index (χ0) is 19.6. The molecule has 26 heavy (non-hydrogen) atoms. The van der Waals surface area contributed by atoms with E-state index in [-0.39, 0.29) is 24.2 Å². The number of esters is 1. The Labute approximate surface area is 155 Å². The normalized spacial score (nSPS) is 23.0. The summed E-state index contributed by atoms with van der Waals surface area (Å²) in [6.45, 7) is 13.8. The van der Waals surface area contributed by atoms with Crippen LogP contribution in [0.5, 0.6) is 0 Å². The Hall–Kier alpha value is -2.24. The lowest BCUT2D eigenvalue weighted by molar-refractivity contribution is -0.156. The standard InChI is InChI=1S/C20H29NO5/c1-12(2)15-11-21(19(23)24-7)18(16-9-8-13(3)25-16)14(15)10-17(22)26-20(4,5)6/h8-9,14-15,18H,1,10-11H2,2-7H3/t14-,15+,18?/m0/s1. The molecule has 2 rings (SSSR count). The van der Waals surface area contributed by atoms with Crippen molar-refractivity contribution in [2.24, 2.45) is 11.8 Å². The number of likely N-dealkylation sites (tertiary alicyclic amines) is 1. The molecule has 1 aromatic rings. The Bertz CT molecular complexity index is 685. The van der Waals surface area contributed by atoms with Gasteiger partial charge in [0.25, 0.3) is 0 Å². The number of nitrogens with zero attached hydrogens (tertiary/aromatic N) is 1. The van der Waals surface area contributed by atoms with Gasteiger partial charge in [-0.15, -0.1) is 0 Å². The maximum Gasteiger partial charge on any atom is 0.410 e. The summed E-state index contributed by atoms with van der Waals surface area (Å²) in [5.41, 5.74) is 0.353. The van der Waals surface area contributed by atoms with E-state index in [0.29, 0.717) is 12.3 Å². The number of aryl methyl sites for hydroxylation is 1. The van der Waals surface area contributed by atoms with E-state index < -0.39 is 17.7 Å². The Morgan fingerprint density at radius 2 is 2.00 bits per heavy atom. The summed E-state index contributed by atoms with van der Waals surface area (Å²) < 4.78 is 16.3. The SMILES string of the molecule is C=C(C)[C@H]1CN(C(=O)OC)C(c2ccc(C)o2)[C@H]1CC(=O)OC(C)(C)C. The minimum atomic E-state index is -0.562. The van der Waals surface area contributed by atoms with Crippen LogP contribution in [0, 0.1) is 18.8 Å². The Kier molecular flexibility index (Phi) is 5.84. The zero-order valence-electron chi connectivity index (χ0n) is 16.5. The predicted molar refractivity (Wildman–Crippen MR) is 97.6 cm³/mol. The Balaban J connectivity index is 2.38. The van der Waals surface area contributed by atoms with E-state index in [1.807, 2.05) is 46.8 Å². The summed E-state index contributed by atoms with van der Waals surface area (Å²) >= 11 is 0. The molecule has 144 valence electrons. The highest BCUT2D eigenvalue weighted by atomic mass is 16.6. The fourth-order valence-corrected chi connectivity index (χ4v) is 3.55. The maximum absolute atomic E-state index is 12.5. The molecule has 1 amide bonds. The average molecular weight is 363 g/mol. The summed E-state index contributed by atoms with van der Waals surface area (Å²) in [5.74, 6) is 0.864. The molecule has 1 saturated heterocycles. The van der Waals surface area contributed by atoms with Crippen molar-refractivity contribution in [1.82, 2.24) is 4.90 Å². The lowest BCUT2D eigenvalue weighted by Crippen LogP contribution is -2.32. The van der Waals surface area contributed by atoms with E-state index >= 15 is 0 Å². The van der Waals surface area contributed by atoms with Gasteiger partial charge in [0.1, 0.15) is 17.1 Å². The van der Waals surface area contributed by atoms with E-state index in [1.165, 1.54) is 7.11 Å². The number of carbonyl (C=O) groups is 2. The number of carbonyl (C=O) groups excluding carboxylic acids is 2. The molecule has 1 aliphatic rings. The van der Waals surface area contributed by atoms with Gasteiger partial charge in [0, 0.05) is 18.4 Å². The second-order valence-corrected chi connectivity index (χ2v) is 7.92. The molecule has 6 heteroatoms. The van der Waals surface area contributed by atoms with Gasteiger partial charge in [0.05, 0.1) is 19.6 Å². The second-order valence-electron chi connectivity index (χ2n) is 7.92. The van der Waals surface area contributed by atoms with Crippen molar-refractivity contribution in [3.8, 4) is 0 Å². The van der Waals surface area contributed by atoms with Crippen LogP contribution in [0.3, 0.4) is 0 Å². The van der Waals surface area contributed by atoms with Crippen molar-refractivity contribution in [3.63, 3.8) is 0 Å². The first kappa shape index (κ1) is 20.1. The lowest BCUT2D eigenvalue weighted by Gasteiger charge is -2.27. The summed E-state index contributed by atoms with van der Waals surface area (Å²) in [6, 6.07) is 3.30. The van der Waals surface area contributed by atoms with Gasteiger partial charge in [-0.1, -0.05) is 12.2 Å². The molecule has 1 unspecified atom stereocenters. The molecule has 0 radical (unpaired) electrons. The van der Waals surface area contributed by atoms with Crippen LogP contribution in [0.1, 0.15) is 51.7 Å². The van der Waals surface area contributed by atoms with E-state index in [0.717, 1.165) is 11.3 Å². The third-order valence-corrected chi connectivity index (χ3v) is 4.57. The Morgan fingerprint density at radius 1 is 1.35 bits per heavy atom. The number of hydrogen-bond donors (Lipinski definition) is 0. The number of amides is 1. The first-order chi connectivity index (χ1) is 12.0. The van der Waals surface area contributed by atoms with Crippen LogP contribution in [0.2, 0.25) is 0 Å². The molecule has 3 atom stereocenters. The molecule has 1 fully saturated rings. The second kappa shape index (κ2) is 7.56. The first-order valence-electron chi connectivity index (χ1n) is 8.81. The highest BCUT2D eigenvalue weighted by Crippen LogP contribution is 2.46. The average Bonchev–Trinajstić information content (AvgIpc) is 3.08. The minimum absolute atomic E-state index is 0.0444. The fourth-order valence-electron chi connectivity index (χ4n) is 3.55. The summed E-state index contributed by atoms with van der Waals surface area (Å²) in [5, 5.41) is 0. The molecule has 0 aliphatic carbocycles. The molecular weight excluding hydrogens is 334 g/mol. The monoisotopic (exact) mass is 363 g/mol. The summed E-state index contributed by atoms with van der Waals surface area (Å²) in [7, 11) is 1.35. The van der Waals surface area contributed by atoms with E-state index in [9.17, 15) is 9.59 Å². The number of methoxy groups -OCH3 is 1. The lowest BCUT2D eigenvalue weighted by atomic mass is 9.83. The molecule has 0 N–H and O–H groups in total. The molecule has 1 aromatic heterocycles. The van der Waals surface area contributed by atoms with Crippen molar-refractivity contribution in [2.45, 2.75) is 52.7 Å². The third-order valence-electron chi connectivity index (χ3n) is 4.57. The molecule has 0 spiro atoms. The van der Waals surface area contributed by atoms with Crippen LogP contribution in [-0.2, 0) is 14.3 Å². The number of hydrogen-bond acceptors (Lipinski definition) is 5. The van der Waals surface area contributed by atoms with Crippen LogP contribution in [0.25, 0.3) is 0 Å². The molecule has 6 nitrogen and oxygen atoms in total. The van der Waals surface area contributed by atoms with Crippen LogP contribution < -0.4 is 0 Å². The van der Waals surface area contributed by atoms with Crippen molar-refractivity contribution in [1.29, 1.82) is 0 Å². The van der Waals surface area contributed by atoms with Crippen molar-refractivity contribution in [3.05, 3.63) is 35.8 Å². The highest BCUT2D eigenvalue weighted by Gasteiger charge is 2.48. The molecule has 2 heterocycles. The van der Waals surface area contributed by atoms with Gasteiger partial charge in [-0.2, -0.15) is 0 Å². The van der Waals surface area contributed by atoms with Crippen molar-refractivity contribution >= 4 is 12.1 Å². The molecule has 0 saturated carbocycles. The fraction of sp³-hybridized carbons (Fsp3) is 0.600. The van der Waals surface area contributed by atoms with Gasteiger partial charge < -0.3 is 13.9 Å². The van der Waals surface area contributed by atoms with Gasteiger partial charge in [-0.25, -0.2) is 4.79 Å². The first-order valence-corrected chi connectivity index (χ1v) is 8.81. The topological polar surface area (TPSA) is 69.0 Å².